The van der Waals surface area contributed by atoms with Gasteiger partial charge >= 0.3 is 0 Å². The average molecular weight is 401 g/mol. The second-order valence-electron chi connectivity index (χ2n) is 6.19. The number of nitrogens with zero attached hydrogens (tertiary/aromatic N) is 1. The second kappa shape index (κ2) is 7.94. The summed E-state index contributed by atoms with van der Waals surface area (Å²) in [5, 5.41) is 1.96. The fraction of sp³-hybridized carbons (Fsp3) is 0.150. The molecule has 27 heavy (non-hydrogen) atoms. The van der Waals surface area contributed by atoms with Gasteiger partial charge in [-0.3, -0.25) is 9.52 Å². The van der Waals surface area contributed by atoms with E-state index in [2.05, 4.69) is 4.72 Å². The number of amides is 1. The first-order chi connectivity index (χ1) is 12.9. The van der Waals surface area contributed by atoms with Crippen molar-refractivity contribution in [3.63, 3.8) is 0 Å². The van der Waals surface area contributed by atoms with Crippen molar-refractivity contribution in [2.45, 2.75) is 18.4 Å². The zero-order valence-corrected chi connectivity index (χ0v) is 16.7. The lowest BCUT2D eigenvalue weighted by molar-refractivity contribution is 0.0786. The Balaban J connectivity index is 1.82. The summed E-state index contributed by atoms with van der Waals surface area (Å²) in [6, 6.07) is 17.1. The smallest absolute Gasteiger partial charge is 0.261 e. The number of hydrogen-bond donors (Lipinski definition) is 1. The molecule has 0 saturated heterocycles. The van der Waals surface area contributed by atoms with Crippen LogP contribution < -0.4 is 4.72 Å². The van der Waals surface area contributed by atoms with Gasteiger partial charge in [0.2, 0.25) is 0 Å². The maximum atomic E-state index is 12.7. The second-order valence-corrected chi connectivity index (χ2v) is 8.90. The Morgan fingerprint density at radius 3 is 2.56 bits per heavy atom. The highest BCUT2D eigenvalue weighted by molar-refractivity contribution is 7.92. The van der Waals surface area contributed by atoms with E-state index in [1.54, 1.807) is 47.5 Å². The van der Waals surface area contributed by atoms with E-state index >= 15 is 0 Å². The highest BCUT2D eigenvalue weighted by Gasteiger charge is 2.19. The Morgan fingerprint density at radius 1 is 1.07 bits per heavy atom. The molecule has 0 aliphatic heterocycles. The van der Waals surface area contributed by atoms with Crippen LogP contribution in [0.5, 0.6) is 0 Å². The molecule has 0 radical (unpaired) electrons. The predicted molar refractivity (Wildman–Crippen MR) is 109 cm³/mol. The number of para-hydroxylation sites is 1. The van der Waals surface area contributed by atoms with E-state index < -0.39 is 10.0 Å². The minimum Gasteiger partial charge on any atom is -0.337 e. The van der Waals surface area contributed by atoms with Crippen molar-refractivity contribution < 1.29 is 13.2 Å². The van der Waals surface area contributed by atoms with Crippen LogP contribution in [0.2, 0.25) is 0 Å². The summed E-state index contributed by atoms with van der Waals surface area (Å²) in [5.41, 5.74) is 1.68. The van der Waals surface area contributed by atoms with E-state index in [1.165, 1.54) is 12.1 Å². The van der Waals surface area contributed by atoms with Crippen LogP contribution in [0, 0.1) is 6.92 Å². The number of benzene rings is 2. The Bertz CT molecular complexity index is 1040. The van der Waals surface area contributed by atoms with E-state index in [0.29, 0.717) is 17.8 Å². The fourth-order valence-corrected chi connectivity index (χ4v) is 4.55. The molecule has 0 spiro atoms. The summed E-state index contributed by atoms with van der Waals surface area (Å²) in [5.74, 6) is -0.226. The minimum absolute atomic E-state index is 0.0566. The lowest BCUT2D eigenvalue weighted by atomic mass is 10.2. The summed E-state index contributed by atoms with van der Waals surface area (Å²) in [4.78, 5) is 15.4. The van der Waals surface area contributed by atoms with E-state index in [4.69, 9.17) is 0 Å². The molecule has 3 rings (SSSR count). The van der Waals surface area contributed by atoms with E-state index in [9.17, 15) is 13.2 Å². The molecule has 1 N–H and O–H groups in total. The van der Waals surface area contributed by atoms with Gasteiger partial charge in [-0.05, 0) is 48.2 Å². The van der Waals surface area contributed by atoms with Crippen molar-refractivity contribution in [3.8, 4) is 0 Å². The molecule has 1 aromatic heterocycles. The van der Waals surface area contributed by atoms with Crippen LogP contribution in [0.4, 0.5) is 5.69 Å². The van der Waals surface area contributed by atoms with Gasteiger partial charge in [-0.1, -0.05) is 30.3 Å². The molecule has 0 saturated carbocycles. The van der Waals surface area contributed by atoms with Gasteiger partial charge in [0.1, 0.15) is 0 Å². The van der Waals surface area contributed by atoms with Crippen molar-refractivity contribution in [3.05, 3.63) is 82.0 Å². The van der Waals surface area contributed by atoms with E-state index in [1.807, 2.05) is 36.6 Å². The van der Waals surface area contributed by atoms with Gasteiger partial charge in [0, 0.05) is 17.5 Å². The molecule has 1 amide bonds. The highest BCUT2D eigenvalue weighted by Crippen LogP contribution is 2.21. The van der Waals surface area contributed by atoms with Gasteiger partial charge in [0.25, 0.3) is 15.9 Å². The zero-order valence-electron chi connectivity index (χ0n) is 15.0. The topological polar surface area (TPSA) is 66.5 Å². The summed E-state index contributed by atoms with van der Waals surface area (Å²) in [6.45, 7) is 2.31. The van der Waals surface area contributed by atoms with Crippen molar-refractivity contribution in [1.29, 1.82) is 0 Å². The van der Waals surface area contributed by atoms with Crippen molar-refractivity contribution in [2.75, 3.05) is 11.8 Å². The molecule has 2 aromatic carbocycles. The number of hydrogen-bond acceptors (Lipinski definition) is 4. The van der Waals surface area contributed by atoms with Gasteiger partial charge < -0.3 is 4.90 Å². The Kier molecular flexibility index (Phi) is 5.62. The zero-order chi connectivity index (χ0) is 19.4. The van der Waals surface area contributed by atoms with Crippen LogP contribution in [0.3, 0.4) is 0 Å². The molecule has 0 aliphatic rings. The molecular formula is C20H20N2O3S2. The third-order valence-corrected chi connectivity index (χ3v) is 6.32. The van der Waals surface area contributed by atoms with Crippen molar-refractivity contribution in [1.82, 2.24) is 4.90 Å². The summed E-state index contributed by atoms with van der Waals surface area (Å²) in [7, 11) is -2.08. The maximum Gasteiger partial charge on any atom is 0.261 e. The number of thiophene rings is 1. The first-order valence-corrected chi connectivity index (χ1v) is 10.7. The van der Waals surface area contributed by atoms with Crippen LogP contribution in [0.1, 0.15) is 20.8 Å². The standard InChI is InChI=1S/C20H20N2O3S2/c1-15-7-3-4-11-19(15)21-27(24,25)18-10-5-8-16(13-18)20(23)22(2)14-17-9-6-12-26-17/h3-13,21H,14H2,1-2H3. The first-order valence-electron chi connectivity index (χ1n) is 8.33. The summed E-state index contributed by atoms with van der Waals surface area (Å²) >= 11 is 1.57. The number of anilines is 1. The molecule has 140 valence electrons. The van der Waals surface area contributed by atoms with Gasteiger partial charge in [-0.2, -0.15) is 0 Å². The fourth-order valence-electron chi connectivity index (χ4n) is 2.62. The van der Waals surface area contributed by atoms with Crippen LogP contribution in [0.25, 0.3) is 0 Å². The molecular weight excluding hydrogens is 380 g/mol. The molecule has 0 aliphatic carbocycles. The molecule has 3 aromatic rings. The Labute approximate surface area is 163 Å². The van der Waals surface area contributed by atoms with Gasteiger partial charge in [-0.15, -0.1) is 11.3 Å². The first kappa shape index (κ1) is 19.1. The molecule has 0 bridgehead atoms. The third-order valence-electron chi connectivity index (χ3n) is 4.10. The lowest BCUT2D eigenvalue weighted by Gasteiger charge is -2.17. The Morgan fingerprint density at radius 2 is 1.85 bits per heavy atom. The quantitative estimate of drug-likeness (QED) is 0.677. The lowest BCUT2D eigenvalue weighted by Crippen LogP contribution is -2.26. The average Bonchev–Trinajstić information content (AvgIpc) is 3.16. The normalized spacial score (nSPS) is 11.2. The largest absolute Gasteiger partial charge is 0.337 e. The number of rotatable bonds is 6. The number of nitrogens with one attached hydrogen (secondary N) is 1. The minimum atomic E-state index is -3.79. The van der Waals surface area contributed by atoms with Gasteiger partial charge in [-0.25, -0.2) is 8.42 Å². The van der Waals surface area contributed by atoms with Crippen LogP contribution in [0.15, 0.2) is 70.9 Å². The van der Waals surface area contributed by atoms with Gasteiger partial charge in [0.15, 0.2) is 0 Å². The molecule has 1 heterocycles. The number of sulfonamides is 1. The molecule has 0 unspecified atom stereocenters. The van der Waals surface area contributed by atoms with Crippen LogP contribution in [-0.2, 0) is 16.6 Å². The van der Waals surface area contributed by atoms with Crippen molar-refractivity contribution in [2.24, 2.45) is 0 Å². The summed E-state index contributed by atoms with van der Waals surface area (Å²) in [6.07, 6.45) is 0. The Hall–Kier alpha value is -2.64. The SMILES string of the molecule is Cc1ccccc1NS(=O)(=O)c1cccc(C(=O)N(C)Cc2cccs2)c1. The number of carbonyl (C=O) groups is 1. The van der Waals surface area contributed by atoms with Gasteiger partial charge in [0.05, 0.1) is 17.1 Å². The number of carbonyl (C=O) groups excluding carboxylic acids is 1. The molecule has 5 nitrogen and oxygen atoms in total. The van der Waals surface area contributed by atoms with E-state index in [0.717, 1.165) is 10.4 Å². The maximum absolute atomic E-state index is 12.7. The van der Waals surface area contributed by atoms with Crippen LogP contribution >= 0.6 is 11.3 Å². The third kappa shape index (κ3) is 4.56. The number of aryl methyl sites for hydroxylation is 1. The molecule has 0 atom stereocenters. The summed E-state index contributed by atoms with van der Waals surface area (Å²) < 4.78 is 28.0. The van der Waals surface area contributed by atoms with E-state index in [-0.39, 0.29) is 10.8 Å². The van der Waals surface area contributed by atoms with Crippen LogP contribution in [-0.4, -0.2) is 26.3 Å². The molecule has 7 heteroatoms. The predicted octanol–water partition coefficient (Wildman–Crippen LogP) is 4.13. The van der Waals surface area contributed by atoms with Crippen molar-refractivity contribution >= 4 is 33.0 Å². The highest BCUT2D eigenvalue weighted by atomic mass is 32.2. The molecule has 0 fully saturated rings. The monoisotopic (exact) mass is 400 g/mol.